The number of allylic oxidation sites excluding steroid dienone is 1. The molecule has 1 N–H and O–H groups in total. The van der Waals surface area contributed by atoms with Gasteiger partial charge in [-0.3, -0.25) is 9.59 Å². The van der Waals surface area contributed by atoms with Gasteiger partial charge in [0.05, 0.1) is 11.8 Å². The Morgan fingerprint density at radius 2 is 1.89 bits per heavy atom. The quantitative estimate of drug-likeness (QED) is 0.433. The summed E-state index contributed by atoms with van der Waals surface area (Å²) in [6.45, 7) is 3.70. The summed E-state index contributed by atoms with van der Waals surface area (Å²) in [6, 6.07) is 11.1. The number of nitrogens with one attached hydrogen (secondary N) is 1. The highest BCUT2D eigenvalue weighted by Crippen LogP contribution is 2.42. The lowest BCUT2D eigenvalue weighted by Gasteiger charge is -2.43. The van der Waals surface area contributed by atoms with E-state index in [1.54, 1.807) is 30.2 Å². The summed E-state index contributed by atoms with van der Waals surface area (Å²) in [5, 5.41) is -0.204. The van der Waals surface area contributed by atoms with Crippen LogP contribution in [0.3, 0.4) is 0 Å². The molecule has 2 fully saturated rings. The third kappa shape index (κ3) is 6.88. The molecule has 0 aromatic heterocycles. The molecule has 1 saturated heterocycles. The molecule has 2 bridgehead atoms. The molecular weight excluding hydrogens is 614 g/mol. The van der Waals surface area contributed by atoms with E-state index in [1.807, 2.05) is 24.3 Å². The lowest BCUT2D eigenvalue weighted by Crippen LogP contribution is -2.44. The molecule has 1 aliphatic carbocycles. The lowest BCUT2D eigenvalue weighted by atomic mass is 9.70. The van der Waals surface area contributed by atoms with E-state index in [0.717, 1.165) is 56.4 Å². The number of hydrogen-bond acceptors (Lipinski definition) is 7. The van der Waals surface area contributed by atoms with Crippen molar-refractivity contribution >= 4 is 39.1 Å². The SMILES string of the molecule is CO[C@H]1/C=C/C[C@H]2CN(C(C)=O)C[C@@H]2S(=O)(=O)NC(=O)c2ccc3c(c2)N(CCCCc2cc(Cl)ccc2CO3)C[C@@H]2CC[C@H]21. The van der Waals surface area contributed by atoms with Gasteiger partial charge in [-0.1, -0.05) is 29.8 Å². The number of carbonyl (C=O) groups excluding carboxylic acids is 2. The number of anilines is 1. The first kappa shape index (κ1) is 31.9. The Morgan fingerprint density at radius 3 is 2.64 bits per heavy atom. The van der Waals surface area contributed by atoms with Crippen molar-refractivity contribution in [2.45, 2.75) is 63.4 Å². The van der Waals surface area contributed by atoms with E-state index in [1.165, 1.54) is 12.5 Å². The molecule has 242 valence electrons. The van der Waals surface area contributed by atoms with E-state index in [9.17, 15) is 18.0 Å². The van der Waals surface area contributed by atoms with Gasteiger partial charge in [-0.15, -0.1) is 0 Å². The fourth-order valence-corrected chi connectivity index (χ4v) is 9.14. The van der Waals surface area contributed by atoms with Gasteiger partial charge in [-0.05, 0) is 91.8 Å². The number of likely N-dealkylation sites (tertiary alicyclic amines) is 1. The van der Waals surface area contributed by atoms with Gasteiger partial charge >= 0.3 is 0 Å². The van der Waals surface area contributed by atoms with Crippen LogP contribution in [0.2, 0.25) is 5.02 Å². The summed E-state index contributed by atoms with van der Waals surface area (Å²) in [5.74, 6) is 0.136. The number of nitrogens with zero attached hydrogens (tertiary/aromatic N) is 2. The molecule has 5 atom stereocenters. The van der Waals surface area contributed by atoms with Crippen LogP contribution in [-0.4, -0.2) is 69.8 Å². The number of rotatable bonds is 1. The van der Waals surface area contributed by atoms with Crippen LogP contribution < -0.4 is 14.4 Å². The fourth-order valence-electron chi connectivity index (χ4n) is 7.34. The van der Waals surface area contributed by atoms with E-state index in [4.69, 9.17) is 21.1 Å². The fraction of sp³-hybridized carbons (Fsp3) is 0.529. The Kier molecular flexibility index (Phi) is 9.45. The van der Waals surface area contributed by atoms with Crippen molar-refractivity contribution in [3.8, 4) is 5.75 Å². The smallest absolute Gasteiger partial charge is 0.264 e. The average molecular weight is 656 g/mol. The average Bonchev–Trinajstić information content (AvgIpc) is 3.43. The maximum atomic E-state index is 13.7. The standard InChI is InChI=1S/C34H42ClN3O6S/c1-22(39)38-19-26-7-5-8-31(43-2)29-13-10-25(29)18-37-15-4-3-6-23-16-28(35)12-9-27(23)21-44-32-14-11-24(17-30(32)37)34(40)36-45(41,42)33(26)20-38/h5,8-9,11-12,14,16-17,25-26,29,31,33H,3-4,6-7,10,13,15,18-21H2,1-2H3,(H,36,40)/b8-5+/t25-,26-,29+,31-,33-/m0/s1. The van der Waals surface area contributed by atoms with Crippen LogP contribution in [0.15, 0.2) is 48.6 Å². The molecule has 2 aromatic carbocycles. The van der Waals surface area contributed by atoms with Crippen molar-refractivity contribution in [3.05, 3.63) is 70.3 Å². The summed E-state index contributed by atoms with van der Waals surface area (Å²) >= 11 is 6.33. The Bertz CT molecular complexity index is 1580. The normalized spacial score (nSPS) is 29.0. The number of carbonyl (C=O) groups is 2. The molecule has 2 amide bonds. The van der Waals surface area contributed by atoms with Crippen molar-refractivity contribution in [2.24, 2.45) is 17.8 Å². The number of amides is 2. The maximum Gasteiger partial charge on any atom is 0.264 e. The van der Waals surface area contributed by atoms with Gasteiger partial charge in [-0.2, -0.15) is 0 Å². The summed E-state index contributed by atoms with van der Waals surface area (Å²) in [6.07, 6.45) is 9.34. The molecule has 3 heterocycles. The van der Waals surface area contributed by atoms with Crippen LogP contribution in [0.4, 0.5) is 5.69 Å². The van der Waals surface area contributed by atoms with Gasteiger partial charge in [0.1, 0.15) is 17.6 Å². The molecule has 0 spiro atoms. The number of aryl methyl sites for hydroxylation is 1. The Labute approximate surface area is 270 Å². The van der Waals surface area contributed by atoms with E-state index in [2.05, 4.69) is 15.7 Å². The zero-order valence-corrected chi connectivity index (χ0v) is 27.5. The second kappa shape index (κ2) is 13.3. The van der Waals surface area contributed by atoms with Crippen LogP contribution in [0.25, 0.3) is 0 Å². The van der Waals surface area contributed by atoms with E-state index >= 15 is 0 Å². The van der Waals surface area contributed by atoms with Crippen molar-refractivity contribution in [1.29, 1.82) is 0 Å². The molecule has 1 saturated carbocycles. The third-order valence-corrected chi connectivity index (χ3v) is 12.1. The number of benzene rings is 2. The number of ether oxygens (including phenoxy) is 2. The minimum atomic E-state index is -4.09. The van der Waals surface area contributed by atoms with E-state index in [-0.39, 0.29) is 30.0 Å². The van der Waals surface area contributed by atoms with Gasteiger partial charge in [0.25, 0.3) is 5.91 Å². The Hall–Kier alpha value is -3.08. The first-order valence-electron chi connectivity index (χ1n) is 15.9. The first-order chi connectivity index (χ1) is 21.6. The molecule has 6 rings (SSSR count). The van der Waals surface area contributed by atoms with E-state index in [0.29, 0.717) is 42.2 Å². The second-order valence-electron chi connectivity index (χ2n) is 12.9. The highest BCUT2D eigenvalue weighted by atomic mass is 35.5. The maximum absolute atomic E-state index is 13.7. The van der Waals surface area contributed by atoms with Crippen LogP contribution >= 0.6 is 11.6 Å². The van der Waals surface area contributed by atoms with Crippen molar-refractivity contribution in [3.63, 3.8) is 0 Å². The van der Waals surface area contributed by atoms with Crippen molar-refractivity contribution < 1.29 is 27.5 Å². The van der Waals surface area contributed by atoms with Gasteiger partial charge in [0, 0.05) is 56.7 Å². The number of fused-ring (bicyclic) bond motifs is 4. The number of hydrogen-bond donors (Lipinski definition) is 1. The molecule has 4 aliphatic rings. The predicted octanol–water partition coefficient (Wildman–Crippen LogP) is 4.97. The summed E-state index contributed by atoms with van der Waals surface area (Å²) < 4.78 is 42.1. The van der Waals surface area contributed by atoms with Crippen LogP contribution in [-0.2, 0) is 32.6 Å². The Morgan fingerprint density at radius 1 is 1.04 bits per heavy atom. The van der Waals surface area contributed by atoms with Gasteiger partial charge in [0.15, 0.2) is 0 Å². The molecule has 9 nitrogen and oxygen atoms in total. The predicted molar refractivity (Wildman–Crippen MR) is 174 cm³/mol. The molecular formula is C34H42ClN3O6S. The highest BCUT2D eigenvalue weighted by Gasteiger charge is 2.43. The highest BCUT2D eigenvalue weighted by molar-refractivity contribution is 7.90. The number of sulfonamides is 1. The summed E-state index contributed by atoms with van der Waals surface area (Å²) in [7, 11) is -2.37. The molecule has 0 unspecified atom stereocenters. The lowest BCUT2D eigenvalue weighted by molar-refractivity contribution is -0.127. The first-order valence-corrected chi connectivity index (χ1v) is 17.9. The van der Waals surface area contributed by atoms with Crippen molar-refractivity contribution in [1.82, 2.24) is 9.62 Å². The number of methoxy groups -OCH3 is 1. The number of halogens is 1. The minimum absolute atomic E-state index is 0.0490. The zero-order valence-electron chi connectivity index (χ0n) is 25.9. The van der Waals surface area contributed by atoms with Gasteiger partial charge < -0.3 is 19.3 Å². The largest absolute Gasteiger partial charge is 0.487 e. The van der Waals surface area contributed by atoms with Crippen LogP contribution in [0, 0.1) is 17.8 Å². The van der Waals surface area contributed by atoms with Crippen molar-refractivity contribution in [2.75, 3.05) is 38.2 Å². The molecule has 0 radical (unpaired) electrons. The minimum Gasteiger partial charge on any atom is -0.487 e. The van der Waals surface area contributed by atoms with Crippen LogP contribution in [0.1, 0.15) is 60.5 Å². The molecule has 45 heavy (non-hydrogen) atoms. The molecule has 2 aromatic rings. The topological polar surface area (TPSA) is 105 Å². The summed E-state index contributed by atoms with van der Waals surface area (Å²) in [4.78, 5) is 29.7. The van der Waals surface area contributed by atoms with E-state index < -0.39 is 21.2 Å². The zero-order chi connectivity index (χ0) is 31.7. The third-order valence-electron chi connectivity index (χ3n) is 10.1. The Balaban J connectivity index is 1.39. The molecule has 3 aliphatic heterocycles. The van der Waals surface area contributed by atoms with Crippen LogP contribution in [0.5, 0.6) is 5.75 Å². The second-order valence-corrected chi connectivity index (χ2v) is 15.2. The van der Waals surface area contributed by atoms with Gasteiger partial charge in [0.2, 0.25) is 15.9 Å². The summed E-state index contributed by atoms with van der Waals surface area (Å²) in [5.41, 5.74) is 3.27. The van der Waals surface area contributed by atoms with Gasteiger partial charge in [-0.25, -0.2) is 13.1 Å². The monoisotopic (exact) mass is 655 g/mol. The molecule has 11 heteroatoms.